The minimum absolute atomic E-state index is 0.422. The summed E-state index contributed by atoms with van der Waals surface area (Å²) >= 11 is 0. The Morgan fingerprint density at radius 3 is 2.78 bits per heavy atom. The fraction of sp³-hybridized carbons (Fsp3) is 0.417. The van der Waals surface area contributed by atoms with Crippen LogP contribution in [-0.4, -0.2) is 26.3 Å². The molecule has 2 heterocycles. The fourth-order valence-electron chi connectivity index (χ4n) is 1.48. The Kier molecular flexibility index (Phi) is 2.94. The first kappa shape index (κ1) is 12.3. The Bertz CT molecular complexity index is 583. The Labute approximate surface area is 105 Å². The lowest BCUT2D eigenvalue weighted by molar-refractivity contribution is 0.0635. The number of nitrogens with zero attached hydrogens (tertiary/aromatic N) is 3. The number of aryl methyl sites for hydroxylation is 1. The number of carbonyl (C=O) groups is 1. The van der Waals surface area contributed by atoms with E-state index >= 15 is 0 Å². The summed E-state index contributed by atoms with van der Waals surface area (Å²) in [5.41, 5.74) is 1.09. The van der Waals surface area contributed by atoms with E-state index in [1.807, 2.05) is 33.8 Å². The third-order valence-electron chi connectivity index (χ3n) is 2.18. The summed E-state index contributed by atoms with van der Waals surface area (Å²) in [6.45, 7) is 7.34. The molecule has 1 amide bonds. The molecule has 0 aliphatic rings. The van der Waals surface area contributed by atoms with Gasteiger partial charge in [0.2, 0.25) is 0 Å². The Morgan fingerprint density at radius 1 is 1.44 bits per heavy atom. The summed E-state index contributed by atoms with van der Waals surface area (Å²) in [7, 11) is 0. The van der Waals surface area contributed by atoms with Crippen molar-refractivity contribution in [3.63, 3.8) is 0 Å². The number of hydrogen-bond donors (Lipinski definition) is 1. The Morgan fingerprint density at radius 2 is 2.17 bits per heavy atom. The van der Waals surface area contributed by atoms with Crippen LogP contribution >= 0.6 is 0 Å². The number of ether oxygens (including phenoxy) is 1. The lowest BCUT2D eigenvalue weighted by atomic mass is 10.2. The van der Waals surface area contributed by atoms with E-state index < -0.39 is 11.7 Å². The van der Waals surface area contributed by atoms with Gasteiger partial charge in [-0.3, -0.25) is 5.32 Å². The Balaban J connectivity index is 2.18. The second kappa shape index (κ2) is 4.29. The van der Waals surface area contributed by atoms with Crippen LogP contribution in [0, 0.1) is 6.92 Å². The molecule has 0 saturated heterocycles. The number of amides is 1. The first-order chi connectivity index (χ1) is 8.35. The molecule has 0 spiro atoms. The van der Waals surface area contributed by atoms with Gasteiger partial charge < -0.3 is 4.74 Å². The van der Waals surface area contributed by atoms with Crippen LogP contribution in [0.25, 0.3) is 5.65 Å². The number of hydrogen-bond acceptors (Lipinski definition) is 4. The fourth-order valence-corrected chi connectivity index (χ4v) is 1.48. The van der Waals surface area contributed by atoms with E-state index in [-0.39, 0.29) is 0 Å². The molecule has 96 valence electrons. The maximum Gasteiger partial charge on any atom is 0.413 e. The predicted octanol–water partition coefficient (Wildman–Crippen LogP) is 2.38. The Hall–Kier alpha value is -2.11. The first-order valence-corrected chi connectivity index (χ1v) is 5.66. The van der Waals surface area contributed by atoms with Crippen molar-refractivity contribution in [1.82, 2.24) is 14.6 Å². The van der Waals surface area contributed by atoms with Crippen LogP contribution in [0.15, 0.2) is 18.3 Å². The molecule has 6 nitrogen and oxygen atoms in total. The minimum Gasteiger partial charge on any atom is -0.444 e. The van der Waals surface area contributed by atoms with Crippen molar-refractivity contribution < 1.29 is 9.53 Å². The van der Waals surface area contributed by atoms with Gasteiger partial charge in [-0.1, -0.05) is 0 Å². The molecule has 0 fully saturated rings. The summed E-state index contributed by atoms with van der Waals surface area (Å²) in [4.78, 5) is 15.7. The highest BCUT2D eigenvalue weighted by Crippen LogP contribution is 2.13. The van der Waals surface area contributed by atoms with Crippen molar-refractivity contribution in [3.8, 4) is 0 Å². The highest BCUT2D eigenvalue weighted by Gasteiger charge is 2.17. The molecule has 1 N–H and O–H groups in total. The van der Waals surface area contributed by atoms with E-state index in [1.165, 1.54) is 0 Å². The molecule has 0 unspecified atom stereocenters. The second-order valence-corrected chi connectivity index (χ2v) is 5.01. The van der Waals surface area contributed by atoms with E-state index in [0.717, 1.165) is 5.69 Å². The topological polar surface area (TPSA) is 68.5 Å². The normalized spacial score (nSPS) is 11.6. The van der Waals surface area contributed by atoms with Crippen molar-refractivity contribution in [2.75, 3.05) is 5.32 Å². The number of aromatic nitrogens is 3. The van der Waals surface area contributed by atoms with Crippen LogP contribution in [0.5, 0.6) is 0 Å². The number of anilines is 1. The van der Waals surface area contributed by atoms with E-state index in [1.54, 1.807) is 16.8 Å². The van der Waals surface area contributed by atoms with Crippen molar-refractivity contribution in [2.24, 2.45) is 0 Å². The zero-order chi connectivity index (χ0) is 13.3. The molecular formula is C12H16N4O2. The molecule has 0 atom stereocenters. The third kappa shape index (κ3) is 2.77. The molecule has 6 heteroatoms. The zero-order valence-electron chi connectivity index (χ0n) is 10.9. The average molecular weight is 248 g/mol. The molecule has 2 rings (SSSR count). The van der Waals surface area contributed by atoms with Crippen molar-refractivity contribution in [1.29, 1.82) is 0 Å². The van der Waals surface area contributed by atoms with Gasteiger partial charge in [0, 0.05) is 18.0 Å². The third-order valence-corrected chi connectivity index (χ3v) is 2.18. The summed E-state index contributed by atoms with van der Waals surface area (Å²) in [5, 5.41) is 6.81. The summed E-state index contributed by atoms with van der Waals surface area (Å²) < 4.78 is 6.81. The van der Waals surface area contributed by atoms with E-state index in [9.17, 15) is 4.79 Å². The lowest BCUT2D eigenvalue weighted by Crippen LogP contribution is -2.27. The van der Waals surface area contributed by atoms with Gasteiger partial charge in [-0.2, -0.15) is 0 Å². The number of fused-ring (bicyclic) bond motifs is 1. The van der Waals surface area contributed by atoms with E-state index in [2.05, 4.69) is 15.4 Å². The molecule has 0 saturated carbocycles. The summed E-state index contributed by atoms with van der Waals surface area (Å²) in [5.74, 6) is 0.422. The van der Waals surface area contributed by atoms with Crippen LogP contribution in [0.4, 0.5) is 10.6 Å². The molecule has 2 aromatic heterocycles. The van der Waals surface area contributed by atoms with Gasteiger partial charge in [-0.15, -0.1) is 5.10 Å². The van der Waals surface area contributed by atoms with Crippen LogP contribution < -0.4 is 5.32 Å². The minimum atomic E-state index is -0.530. The molecule has 0 radical (unpaired) electrons. The highest BCUT2D eigenvalue weighted by molar-refractivity contribution is 5.84. The maximum atomic E-state index is 11.6. The summed E-state index contributed by atoms with van der Waals surface area (Å²) in [6, 6.07) is 3.54. The van der Waals surface area contributed by atoms with Crippen LogP contribution in [-0.2, 0) is 4.74 Å². The van der Waals surface area contributed by atoms with Crippen LogP contribution in [0.3, 0.4) is 0 Å². The smallest absolute Gasteiger partial charge is 0.413 e. The van der Waals surface area contributed by atoms with Gasteiger partial charge in [0.05, 0.1) is 0 Å². The van der Waals surface area contributed by atoms with Crippen LogP contribution in [0.1, 0.15) is 26.5 Å². The van der Waals surface area contributed by atoms with E-state index in [4.69, 9.17) is 4.74 Å². The van der Waals surface area contributed by atoms with Gasteiger partial charge in [0.1, 0.15) is 5.60 Å². The van der Waals surface area contributed by atoms with Gasteiger partial charge in [0.25, 0.3) is 0 Å². The van der Waals surface area contributed by atoms with Crippen molar-refractivity contribution in [2.45, 2.75) is 33.3 Å². The standard InChI is InChI=1S/C12H16N4O2/c1-8-5-6-13-10-7-9(15-16(8)10)14-11(17)18-12(2,3)4/h5-7H,1-4H3,(H,14,15,17). The van der Waals surface area contributed by atoms with Crippen LogP contribution in [0.2, 0.25) is 0 Å². The quantitative estimate of drug-likeness (QED) is 0.841. The highest BCUT2D eigenvalue weighted by atomic mass is 16.6. The largest absolute Gasteiger partial charge is 0.444 e. The number of rotatable bonds is 1. The molecule has 18 heavy (non-hydrogen) atoms. The van der Waals surface area contributed by atoms with E-state index in [0.29, 0.717) is 11.5 Å². The average Bonchev–Trinajstić information content (AvgIpc) is 2.58. The zero-order valence-corrected chi connectivity index (χ0v) is 10.9. The van der Waals surface area contributed by atoms with Crippen molar-refractivity contribution in [3.05, 3.63) is 24.0 Å². The van der Waals surface area contributed by atoms with Gasteiger partial charge in [0.15, 0.2) is 11.5 Å². The van der Waals surface area contributed by atoms with Gasteiger partial charge >= 0.3 is 6.09 Å². The second-order valence-electron chi connectivity index (χ2n) is 5.01. The SMILES string of the molecule is Cc1ccnc2cc(NC(=O)OC(C)(C)C)nn12. The molecule has 0 aliphatic heterocycles. The summed E-state index contributed by atoms with van der Waals surface area (Å²) in [6.07, 6.45) is 1.17. The van der Waals surface area contributed by atoms with Crippen molar-refractivity contribution >= 4 is 17.6 Å². The molecule has 0 bridgehead atoms. The lowest BCUT2D eigenvalue weighted by Gasteiger charge is -2.18. The van der Waals surface area contributed by atoms with Gasteiger partial charge in [-0.05, 0) is 33.8 Å². The molecular weight excluding hydrogens is 232 g/mol. The molecule has 2 aromatic rings. The first-order valence-electron chi connectivity index (χ1n) is 5.66. The monoisotopic (exact) mass is 248 g/mol. The number of nitrogens with one attached hydrogen (secondary N) is 1. The number of carbonyl (C=O) groups excluding carboxylic acids is 1. The maximum absolute atomic E-state index is 11.6. The predicted molar refractivity (Wildman–Crippen MR) is 67.6 cm³/mol. The van der Waals surface area contributed by atoms with Gasteiger partial charge in [-0.25, -0.2) is 14.3 Å². The molecule has 0 aromatic carbocycles. The molecule has 0 aliphatic carbocycles.